The Bertz CT molecular complexity index is 1150. The number of imide groups is 1. The van der Waals surface area contributed by atoms with Crippen molar-refractivity contribution in [2.45, 2.75) is 25.6 Å². The van der Waals surface area contributed by atoms with Gasteiger partial charge in [-0.2, -0.15) is 13.2 Å². The van der Waals surface area contributed by atoms with E-state index in [9.17, 15) is 27.6 Å². The molecule has 2 aromatic heterocycles. The van der Waals surface area contributed by atoms with Crippen LogP contribution in [0.25, 0.3) is 5.65 Å². The first-order chi connectivity index (χ1) is 14.8. The Morgan fingerprint density at radius 1 is 1.00 bits per heavy atom. The Morgan fingerprint density at radius 2 is 1.68 bits per heavy atom. The summed E-state index contributed by atoms with van der Waals surface area (Å²) in [5.74, 6) is -1.03. The molecular weight excluding hydrogens is 415 g/mol. The second-order valence-electron chi connectivity index (χ2n) is 6.95. The molecule has 8 nitrogen and oxygen atoms in total. The molecule has 3 heterocycles. The van der Waals surface area contributed by atoms with Crippen molar-refractivity contribution in [1.82, 2.24) is 24.8 Å². The van der Waals surface area contributed by atoms with Crippen LogP contribution in [0.4, 0.5) is 13.2 Å². The van der Waals surface area contributed by atoms with Crippen molar-refractivity contribution in [3.63, 3.8) is 0 Å². The number of aromatic nitrogens is 3. The molecule has 3 amide bonds. The standard InChI is InChI=1S/C20H16F3N5O3/c21-20(22,23)12-7-8-15-25-26-16(28(15)11-12)10-24-17(29)6-3-9-27-18(30)13-4-1-2-5-14(13)19(27)31/h1-2,4-5,7-8,11H,3,6,9-10H2,(H,24,29). The SMILES string of the molecule is O=C(CCCN1C(=O)c2ccccc2C1=O)NCc1nnc2ccc(C(F)(F)F)cn12. The maximum absolute atomic E-state index is 12.9. The van der Waals surface area contributed by atoms with E-state index < -0.39 is 23.6 Å². The highest BCUT2D eigenvalue weighted by molar-refractivity contribution is 6.21. The molecular formula is C20H16F3N5O3. The van der Waals surface area contributed by atoms with Crippen molar-refractivity contribution in [2.75, 3.05) is 6.54 Å². The molecule has 160 valence electrons. The molecule has 0 bridgehead atoms. The monoisotopic (exact) mass is 431 g/mol. The maximum atomic E-state index is 12.9. The lowest BCUT2D eigenvalue weighted by molar-refractivity contribution is -0.137. The van der Waals surface area contributed by atoms with E-state index in [-0.39, 0.29) is 43.3 Å². The summed E-state index contributed by atoms with van der Waals surface area (Å²) >= 11 is 0. The Kier molecular flexibility index (Phi) is 5.17. The minimum atomic E-state index is -4.51. The summed E-state index contributed by atoms with van der Waals surface area (Å²) in [6, 6.07) is 8.61. The number of alkyl halides is 3. The maximum Gasteiger partial charge on any atom is 0.417 e. The third kappa shape index (κ3) is 3.98. The number of fused-ring (bicyclic) bond motifs is 2. The summed E-state index contributed by atoms with van der Waals surface area (Å²) in [6.45, 7) is -0.0309. The Morgan fingerprint density at radius 3 is 2.32 bits per heavy atom. The lowest BCUT2D eigenvalue weighted by Crippen LogP contribution is -2.32. The minimum Gasteiger partial charge on any atom is -0.349 e. The number of carbonyl (C=O) groups is 3. The number of amides is 3. The molecule has 0 spiro atoms. The average molecular weight is 431 g/mol. The molecule has 1 aliphatic heterocycles. The second-order valence-corrected chi connectivity index (χ2v) is 6.95. The lowest BCUT2D eigenvalue weighted by atomic mass is 10.1. The van der Waals surface area contributed by atoms with Crippen molar-refractivity contribution in [3.05, 3.63) is 65.1 Å². The van der Waals surface area contributed by atoms with Gasteiger partial charge in [0.1, 0.15) is 0 Å². The van der Waals surface area contributed by atoms with Crippen LogP contribution in [0.5, 0.6) is 0 Å². The topological polar surface area (TPSA) is 96.7 Å². The summed E-state index contributed by atoms with van der Waals surface area (Å²) < 4.78 is 39.9. The normalized spacial score (nSPS) is 13.7. The molecule has 1 aliphatic rings. The Labute approximate surface area is 173 Å². The number of rotatable bonds is 6. The largest absolute Gasteiger partial charge is 0.417 e. The van der Waals surface area contributed by atoms with Crippen molar-refractivity contribution < 1.29 is 27.6 Å². The lowest BCUT2D eigenvalue weighted by Gasteiger charge is -2.13. The molecule has 0 saturated carbocycles. The predicted molar refractivity (Wildman–Crippen MR) is 101 cm³/mol. The minimum absolute atomic E-state index is 0.0257. The van der Waals surface area contributed by atoms with E-state index in [0.29, 0.717) is 11.1 Å². The highest BCUT2D eigenvalue weighted by Crippen LogP contribution is 2.29. The summed E-state index contributed by atoms with van der Waals surface area (Å²) in [6.07, 6.45) is -3.36. The van der Waals surface area contributed by atoms with Gasteiger partial charge in [0.25, 0.3) is 11.8 Å². The molecule has 0 fully saturated rings. The van der Waals surface area contributed by atoms with E-state index >= 15 is 0 Å². The first kappa shape index (κ1) is 20.5. The second kappa shape index (κ2) is 7.82. The van der Waals surface area contributed by atoms with Crippen LogP contribution in [0, 0.1) is 0 Å². The van der Waals surface area contributed by atoms with E-state index in [4.69, 9.17) is 0 Å². The average Bonchev–Trinajstić information content (AvgIpc) is 3.25. The number of carbonyl (C=O) groups excluding carboxylic acids is 3. The van der Waals surface area contributed by atoms with E-state index in [1.54, 1.807) is 24.3 Å². The van der Waals surface area contributed by atoms with Crippen LogP contribution in [0.3, 0.4) is 0 Å². The zero-order valence-corrected chi connectivity index (χ0v) is 16.0. The molecule has 0 saturated heterocycles. The fraction of sp³-hybridized carbons (Fsp3) is 0.250. The molecule has 4 rings (SSSR count). The highest BCUT2D eigenvalue weighted by Gasteiger charge is 2.34. The van der Waals surface area contributed by atoms with Crippen molar-refractivity contribution in [2.24, 2.45) is 0 Å². The van der Waals surface area contributed by atoms with Crippen LogP contribution in [0.2, 0.25) is 0 Å². The summed E-state index contributed by atoms with van der Waals surface area (Å²) in [7, 11) is 0. The molecule has 3 aromatic rings. The fourth-order valence-corrected chi connectivity index (χ4v) is 3.33. The third-order valence-corrected chi connectivity index (χ3v) is 4.91. The zero-order chi connectivity index (χ0) is 22.2. The third-order valence-electron chi connectivity index (χ3n) is 4.91. The predicted octanol–water partition coefficient (Wildman–Crippen LogP) is 2.44. The van der Waals surface area contributed by atoms with Gasteiger partial charge in [-0.25, -0.2) is 0 Å². The first-order valence-electron chi connectivity index (χ1n) is 9.38. The number of pyridine rings is 1. The van der Waals surface area contributed by atoms with E-state index in [1.165, 1.54) is 10.5 Å². The van der Waals surface area contributed by atoms with Crippen LogP contribution >= 0.6 is 0 Å². The van der Waals surface area contributed by atoms with Gasteiger partial charge in [-0.15, -0.1) is 10.2 Å². The summed E-state index contributed by atoms with van der Waals surface area (Å²) in [5.41, 5.74) is 0.0546. The molecule has 0 atom stereocenters. The van der Waals surface area contributed by atoms with Gasteiger partial charge in [0.15, 0.2) is 11.5 Å². The van der Waals surface area contributed by atoms with E-state index in [1.807, 2.05) is 0 Å². The summed E-state index contributed by atoms with van der Waals surface area (Å²) in [4.78, 5) is 37.8. The van der Waals surface area contributed by atoms with E-state index in [2.05, 4.69) is 15.5 Å². The van der Waals surface area contributed by atoms with Gasteiger partial charge in [-0.1, -0.05) is 12.1 Å². The number of benzene rings is 1. The van der Waals surface area contributed by atoms with Gasteiger partial charge < -0.3 is 5.32 Å². The fourth-order valence-electron chi connectivity index (χ4n) is 3.33. The molecule has 1 N–H and O–H groups in total. The number of hydrogen-bond acceptors (Lipinski definition) is 5. The number of halogens is 3. The van der Waals surface area contributed by atoms with Crippen LogP contribution in [-0.2, 0) is 17.5 Å². The van der Waals surface area contributed by atoms with Crippen LogP contribution in [0.15, 0.2) is 42.6 Å². The van der Waals surface area contributed by atoms with Crippen molar-refractivity contribution in [1.29, 1.82) is 0 Å². The molecule has 0 radical (unpaired) electrons. The molecule has 11 heteroatoms. The molecule has 0 aliphatic carbocycles. The van der Waals surface area contributed by atoms with Gasteiger partial charge in [-0.3, -0.25) is 23.7 Å². The van der Waals surface area contributed by atoms with Gasteiger partial charge in [0.05, 0.1) is 23.2 Å². The van der Waals surface area contributed by atoms with Crippen LogP contribution < -0.4 is 5.32 Å². The van der Waals surface area contributed by atoms with Crippen molar-refractivity contribution >= 4 is 23.4 Å². The van der Waals surface area contributed by atoms with Gasteiger partial charge in [-0.05, 0) is 30.7 Å². The summed E-state index contributed by atoms with van der Waals surface area (Å²) in [5, 5.41) is 10.2. The Hall–Kier alpha value is -3.76. The molecule has 31 heavy (non-hydrogen) atoms. The van der Waals surface area contributed by atoms with Gasteiger partial charge in [0, 0.05) is 19.2 Å². The van der Waals surface area contributed by atoms with Gasteiger partial charge >= 0.3 is 6.18 Å². The Balaban J connectivity index is 1.31. The first-order valence-corrected chi connectivity index (χ1v) is 9.38. The number of nitrogens with zero attached hydrogens (tertiary/aromatic N) is 4. The molecule has 0 unspecified atom stereocenters. The quantitative estimate of drug-likeness (QED) is 0.605. The number of hydrogen-bond donors (Lipinski definition) is 1. The van der Waals surface area contributed by atoms with Crippen LogP contribution in [0.1, 0.15) is 44.9 Å². The van der Waals surface area contributed by atoms with Crippen LogP contribution in [-0.4, -0.2) is 43.8 Å². The van der Waals surface area contributed by atoms with Gasteiger partial charge in [0.2, 0.25) is 5.91 Å². The smallest absolute Gasteiger partial charge is 0.349 e. The van der Waals surface area contributed by atoms with E-state index in [0.717, 1.165) is 17.2 Å². The number of nitrogens with one attached hydrogen (secondary N) is 1. The molecule has 1 aromatic carbocycles. The van der Waals surface area contributed by atoms with Crippen molar-refractivity contribution in [3.8, 4) is 0 Å². The highest BCUT2D eigenvalue weighted by atomic mass is 19.4. The zero-order valence-electron chi connectivity index (χ0n) is 16.0.